The summed E-state index contributed by atoms with van der Waals surface area (Å²) in [6, 6.07) is 0. The van der Waals surface area contributed by atoms with E-state index >= 15 is 0 Å². The van der Waals surface area contributed by atoms with E-state index in [0.29, 0.717) is 38.3 Å². The van der Waals surface area contributed by atoms with Crippen LogP contribution in [-0.2, 0) is 27.7 Å². The molecule has 0 atom stereocenters. The lowest BCUT2D eigenvalue weighted by atomic mass is 10.1. The summed E-state index contributed by atoms with van der Waals surface area (Å²) < 4.78 is 24.5. The minimum absolute atomic E-state index is 0.221. The minimum atomic E-state index is -3.38. The van der Waals surface area contributed by atoms with E-state index in [4.69, 9.17) is 0 Å². The van der Waals surface area contributed by atoms with E-state index in [1.54, 1.807) is 11.0 Å². The van der Waals surface area contributed by atoms with Crippen molar-refractivity contribution in [2.75, 3.05) is 37.8 Å². The van der Waals surface area contributed by atoms with Gasteiger partial charge in [0, 0.05) is 31.6 Å². The van der Waals surface area contributed by atoms with Crippen molar-refractivity contribution in [1.29, 1.82) is 0 Å². The molecule has 132 valence electrons. The maximum Gasteiger partial charge on any atom is 0.237 e. The van der Waals surface area contributed by atoms with Crippen molar-refractivity contribution in [2.24, 2.45) is 0 Å². The molecule has 0 aliphatic carbocycles. The minimum Gasteiger partial charge on any atom is -0.366 e. The fraction of sp³-hybridized carbons (Fsp3) is 0.533. The number of aromatic nitrogens is 2. The number of nitrogens with one attached hydrogen (secondary N) is 2. The highest BCUT2D eigenvalue weighted by Gasteiger charge is 2.22. The summed E-state index contributed by atoms with van der Waals surface area (Å²) in [6.07, 6.45) is 4.04. The average molecular weight is 353 g/mol. The number of hydrogen-bond donors (Lipinski definition) is 2. The van der Waals surface area contributed by atoms with Gasteiger partial charge in [-0.3, -0.25) is 4.79 Å². The highest BCUT2D eigenvalue weighted by atomic mass is 32.2. The number of carbonyl (C=O) groups excluding carboxylic acids is 1. The van der Waals surface area contributed by atoms with Crippen molar-refractivity contribution in [3.05, 3.63) is 29.7 Å². The van der Waals surface area contributed by atoms with Crippen molar-refractivity contribution in [3.63, 3.8) is 0 Å². The number of rotatable bonds is 6. The standard InChI is InChI=1S/C15H23N5O3S/c1-4-7-16-15-12-5-8-20(14(21)10-17-24(3,22)23)9-6-13(12)18-11(2)19-15/h4,17H,1,5-10H2,2-3H3,(H,16,18,19). The number of sulfonamides is 1. The number of carbonyl (C=O) groups is 1. The summed E-state index contributed by atoms with van der Waals surface area (Å²) in [4.78, 5) is 22.8. The molecule has 1 aromatic heterocycles. The van der Waals surface area contributed by atoms with Gasteiger partial charge in [0.2, 0.25) is 15.9 Å². The van der Waals surface area contributed by atoms with Gasteiger partial charge in [-0.2, -0.15) is 0 Å². The number of hydrogen-bond acceptors (Lipinski definition) is 6. The van der Waals surface area contributed by atoms with Crippen molar-refractivity contribution in [3.8, 4) is 0 Å². The Hall–Kier alpha value is -2.00. The van der Waals surface area contributed by atoms with E-state index in [1.165, 1.54) is 0 Å². The maximum absolute atomic E-state index is 12.2. The van der Waals surface area contributed by atoms with Crippen molar-refractivity contribution < 1.29 is 13.2 Å². The Morgan fingerprint density at radius 3 is 2.71 bits per heavy atom. The average Bonchev–Trinajstić information content (AvgIpc) is 2.72. The molecule has 2 N–H and O–H groups in total. The summed E-state index contributed by atoms with van der Waals surface area (Å²) in [6.45, 7) is 6.92. The largest absolute Gasteiger partial charge is 0.366 e. The third-order valence-corrected chi connectivity index (χ3v) is 4.38. The topological polar surface area (TPSA) is 104 Å². The van der Waals surface area contributed by atoms with Crippen LogP contribution in [0.1, 0.15) is 17.1 Å². The van der Waals surface area contributed by atoms with Crippen molar-refractivity contribution in [2.45, 2.75) is 19.8 Å². The molecule has 0 unspecified atom stereocenters. The molecular formula is C15H23N5O3S. The lowest BCUT2D eigenvalue weighted by Crippen LogP contribution is -2.41. The van der Waals surface area contributed by atoms with E-state index < -0.39 is 10.0 Å². The second-order valence-corrected chi connectivity index (χ2v) is 7.52. The van der Waals surface area contributed by atoms with Crippen LogP contribution in [0.5, 0.6) is 0 Å². The maximum atomic E-state index is 12.2. The molecule has 0 saturated heterocycles. The predicted octanol–water partition coefficient (Wildman–Crippen LogP) is -0.141. The Morgan fingerprint density at radius 2 is 2.04 bits per heavy atom. The first kappa shape index (κ1) is 18.3. The van der Waals surface area contributed by atoms with Gasteiger partial charge in [-0.15, -0.1) is 6.58 Å². The summed E-state index contributed by atoms with van der Waals surface area (Å²) >= 11 is 0. The van der Waals surface area contributed by atoms with Gasteiger partial charge < -0.3 is 10.2 Å². The molecule has 8 nitrogen and oxygen atoms in total. The number of amides is 1. The molecule has 9 heteroatoms. The van der Waals surface area contributed by atoms with Crippen LogP contribution >= 0.6 is 0 Å². The molecule has 1 aromatic rings. The van der Waals surface area contributed by atoms with E-state index in [2.05, 4.69) is 26.6 Å². The molecule has 0 fully saturated rings. The molecule has 24 heavy (non-hydrogen) atoms. The van der Waals surface area contributed by atoms with Crippen LogP contribution in [0.4, 0.5) is 5.82 Å². The van der Waals surface area contributed by atoms with Gasteiger partial charge in [0.25, 0.3) is 0 Å². The molecule has 0 bridgehead atoms. The Labute approximate surface area is 142 Å². The summed E-state index contributed by atoms with van der Waals surface area (Å²) in [5, 5.41) is 3.22. The SMILES string of the molecule is C=CCNc1nc(C)nc2c1CCN(C(=O)CNS(C)(=O)=O)CC2. The normalized spacial score (nSPS) is 14.7. The Bertz CT molecular complexity index is 733. The van der Waals surface area contributed by atoms with E-state index in [1.807, 2.05) is 6.92 Å². The smallest absolute Gasteiger partial charge is 0.237 e. The monoisotopic (exact) mass is 353 g/mol. The first-order valence-electron chi connectivity index (χ1n) is 7.73. The zero-order valence-corrected chi connectivity index (χ0v) is 14.8. The van der Waals surface area contributed by atoms with Crippen LogP contribution < -0.4 is 10.0 Å². The van der Waals surface area contributed by atoms with E-state index in [9.17, 15) is 13.2 Å². The Balaban J connectivity index is 2.11. The van der Waals surface area contributed by atoms with Gasteiger partial charge in [0.15, 0.2) is 0 Å². The number of nitrogens with zero attached hydrogens (tertiary/aromatic N) is 3. The van der Waals surface area contributed by atoms with Crippen LogP contribution in [0.15, 0.2) is 12.7 Å². The Kier molecular flexibility index (Phi) is 5.89. The lowest BCUT2D eigenvalue weighted by molar-refractivity contribution is -0.129. The van der Waals surface area contributed by atoms with Crippen LogP contribution in [0.25, 0.3) is 0 Å². The second kappa shape index (κ2) is 7.71. The van der Waals surface area contributed by atoms with Crippen molar-refractivity contribution >= 4 is 21.7 Å². The van der Waals surface area contributed by atoms with Gasteiger partial charge in [-0.05, 0) is 13.3 Å². The van der Waals surface area contributed by atoms with Crippen molar-refractivity contribution in [1.82, 2.24) is 19.6 Å². The molecule has 0 aromatic carbocycles. The predicted molar refractivity (Wildman–Crippen MR) is 92.3 cm³/mol. The van der Waals surface area contributed by atoms with Gasteiger partial charge >= 0.3 is 0 Å². The van der Waals surface area contributed by atoms with Gasteiger partial charge in [-0.1, -0.05) is 6.08 Å². The van der Waals surface area contributed by atoms with E-state index in [-0.39, 0.29) is 12.5 Å². The fourth-order valence-corrected chi connectivity index (χ4v) is 2.98. The molecule has 1 aliphatic rings. The molecular weight excluding hydrogens is 330 g/mol. The zero-order valence-electron chi connectivity index (χ0n) is 14.0. The number of anilines is 1. The summed E-state index contributed by atoms with van der Waals surface area (Å²) in [7, 11) is -3.38. The molecule has 0 spiro atoms. The third-order valence-electron chi connectivity index (χ3n) is 3.71. The molecule has 1 aliphatic heterocycles. The number of fused-ring (bicyclic) bond motifs is 1. The molecule has 2 rings (SSSR count). The number of aryl methyl sites for hydroxylation is 1. The van der Waals surface area contributed by atoms with Crippen LogP contribution in [0.3, 0.4) is 0 Å². The highest BCUT2D eigenvalue weighted by molar-refractivity contribution is 7.88. The lowest BCUT2D eigenvalue weighted by Gasteiger charge is -2.20. The summed E-state index contributed by atoms with van der Waals surface area (Å²) in [5.74, 6) is 1.22. The molecule has 0 saturated carbocycles. The van der Waals surface area contributed by atoms with Crippen LogP contribution in [-0.4, -0.2) is 61.6 Å². The van der Waals surface area contributed by atoms with Gasteiger partial charge in [-0.25, -0.2) is 23.1 Å². The van der Waals surface area contributed by atoms with Gasteiger partial charge in [0.1, 0.15) is 11.6 Å². The van der Waals surface area contributed by atoms with E-state index in [0.717, 1.165) is 23.3 Å². The summed E-state index contributed by atoms with van der Waals surface area (Å²) in [5.41, 5.74) is 1.94. The Morgan fingerprint density at radius 1 is 1.33 bits per heavy atom. The third kappa shape index (κ3) is 5.00. The fourth-order valence-electron chi connectivity index (χ4n) is 2.59. The molecule has 0 radical (unpaired) electrons. The zero-order chi connectivity index (χ0) is 17.7. The molecule has 2 heterocycles. The van der Waals surface area contributed by atoms with Crippen LogP contribution in [0, 0.1) is 6.92 Å². The van der Waals surface area contributed by atoms with Crippen LogP contribution in [0.2, 0.25) is 0 Å². The molecule has 1 amide bonds. The van der Waals surface area contributed by atoms with Gasteiger partial charge in [0.05, 0.1) is 18.5 Å². The second-order valence-electron chi connectivity index (χ2n) is 5.69. The highest BCUT2D eigenvalue weighted by Crippen LogP contribution is 2.21. The quantitative estimate of drug-likeness (QED) is 0.690. The first-order valence-corrected chi connectivity index (χ1v) is 9.63. The first-order chi connectivity index (χ1) is 11.3.